The molecule has 0 saturated carbocycles. The number of aliphatic hydroxyl groups excluding tert-OH is 1. The lowest BCUT2D eigenvalue weighted by Crippen LogP contribution is -2.56. The summed E-state index contributed by atoms with van der Waals surface area (Å²) in [4.78, 5) is 38.3. The predicted octanol–water partition coefficient (Wildman–Crippen LogP) is 1.29. The van der Waals surface area contributed by atoms with Gasteiger partial charge in [-0.1, -0.05) is 50.6 Å². The molecule has 7 heteroatoms. The number of aryl methyl sites for hydroxylation is 1. The van der Waals surface area contributed by atoms with Gasteiger partial charge in [0.1, 0.15) is 12.1 Å². The summed E-state index contributed by atoms with van der Waals surface area (Å²) in [5, 5.41) is 15.6. The first-order chi connectivity index (χ1) is 13.0. The maximum Gasteiger partial charge on any atom is 0.246 e. The zero-order valence-electron chi connectivity index (χ0n) is 17.2. The van der Waals surface area contributed by atoms with Crippen LogP contribution >= 0.6 is 0 Å². The van der Waals surface area contributed by atoms with E-state index in [0.717, 1.165) is 11.1 Å². The van der Waals surface area contributed by atoms with Gasteiger partial charge in [0, 0.05) is 13.0 Å². The van der Waals surface area contributed by atoms with Crippen molar-refractivity contribution in [3.05, 3.63) is 35.4 Å². The average Bonchev–Trinajstić information content (AvgIpc) is 3.00. The van der Waals surface area contributed by atoms with E-state index in [1.54, 1.807) is 0 Å². The zero-order valence-corrected chi connectivity index (χ0v) is 17.2. The van der Waals surface area contributed by atoms with Crippen molar-refractivity contribution in [3.63, 3.8) is 0 Å². The van der Waals surface area contributed by atoms with Gasteiger partial charge in [-0.3, -0.25) is 14.4 Å². The number of aliphatic hydroxyl groups is 1. The van der Waals surface area contributed by atoms with Crippen LogP contribution in [0.2, 0.25) is 0 Å². The Hall–Kier alpha value is -2.41. The van der Waals surface area contributed by atoms with Gasteiger partial charge in [0.15, 0.2) is 0 Å². The van der Waals surface area contributed by atoms with Crippen LogP contribution in [0.1, 0.15) is 51.3 Å². The first kappa shape index (κ1) is 21.9. The monoisotopic (exact) mass is 389 g/mol. The molecular formula is C21H31N3O4. The first-order valence-electron chi connectivity index (χ1n) is 9.59. The molecule has 0 aromatic heterocycles. The van der Waals surface area contributed by atoms with Gasteiger partial charge < -0.3 is 20.6 Å². The number of nitrogens with zero attached hydrogens (tertiary/aromatic N) is 1. The summed E-state index contributed by atoms with van der Waals surface area (Å²) in [7, 11) is 0. The predicted molar refractivity (Wildman–Crippen MR) is 106 cm³/mol. The minimum absolute atomic E-state index is 0.0724. The number of nitrogens with one attached hydrogen (secondary N) is 2. The molecule has 0 bridgehead atoms. The number of hydrogen-bond acceptors (Lipinski definition) is 4. The second-order valence-electron chi connectivity index (χ2n) is 8.62. The molecule has 1 aromatic rings. The van der Waals surface area contributed by atoms with Crippen LogP contribution < -0.4 is 10.6 Å². The Morgan fingerprint density at radius 1 is 1.25 bits per heavy atom. The van der Waals surface area contributed by atoms with Gasteiger partial charge in [-0.15, -0.1) is 0 Å². The van der Waals surface area contributed by atoms with Crippen molar-refractivity contribution >= 4 is 18.2 Å². The third kappa shape index (κ3) is 5.10. The molecule has 1 fully saturated rings. The number of carbonyl (C=O) groups is 3. The van der Waals surface area contributed by atoms with Gasteiger partial charge in [0.05, 0.1) is 12.1 Å². The number of carbonyl (C=O) groups excluding carboxylic acids is 3. The maximum absolute atomic E-state index is 13.0. The Morgan fingerprint density at radius 2 is 1.86 bits per heavy atom. The first-order valence-corrected chi connectivity index (χ1v) is 9.59. The molecule has 1 saturated heterocycles. The van der Waals surface area contributed by atoms with E-state index >= 15 is 0 Å². The Labute approximate surface area is 166 Å². The minimum Gasteiger partial charge on any atom is -0.391 e. The summed E-state index contributed by atoms with van der Waals surface area (Å²) in [5.74, 6) is -0.670. The quantitative estimate of drug-likeness (QED) is 0.639. The highest BCUT2D eigenvalue weighted by molar-refractivity contribution is 5.91. The van der Waals surface area contributed by atoms with Crippen LogP contribution in [0.25, 0.3) is 0 Å². The van der Waals surface area contributed by atoms with Gasteiger partial charge >= 0.3 is 0 Å². The Morgan fingerprint density at radius 3 is 2.39 bits per heavy atom. The van der Waals surface area contributed by atoms with E-state index < -0.39 is 23.6 Å². The molecule has 1 heterocycles. The summed E-state index contributed by atoms with van der Waals surface area (Å²) in [6, 6.07) is 6.09. The second kappa shape index (κ2) is 8.73. The van der Waals surface area contributed by atoms with E-state index in [2.05, 4.69) is 10.6 Å². The van der Waals surface area contributed by atoms with Gasteiger partial charge in [0.2, 0.25) is 18.2 Å². The molecule has 1 aromatic carbocycles. The van der Waals surface area contributed by atoms with Gasteiger partial charge in [-0.2, -0.15) is 0 Å². The Balaban J connectivity index is 2.15. The van der Waals surface area contributed by atoms with Crippen molar-refractivity contribution in [3.8, 4) is 0 Å². The summed E-state index contributed by atoms with van der Waals surface area (Å²) in [5.41, 5.74) is 1.57. The summed E-state index contributed by atoms with van der Waals surface area (Å²) >= 11 is 0. The van der Waals surface area contributed by atoms with Crippen LogP contribution in [0.5, 0.6) is 0 Å². The molecule has 2 rings (SSSR count). The lowest BCUT2D eigenvalue weighted by molar-refractivity contribution is -0.143. The fourth-order valence-electron chi connectivity index (χ4n) is 3.48. The van der Waals surface area contributed by atoms with Crippen molar-refractivity contribution in [1.29, 1.82) is 0 Å². The van der Waals surface area contributed by atoms with Crippen LogP contribution in [0.3, 0.4) is 0 Å². The van der Waals surface area contributed by atoms with Crippen LogP contribution in [0.15, 0.2) is 24.3 Å². The number of β-amino-alcohol motifs (C(OH)–C–C–N with tert-alkyl or cyclic N) is 1. The van der Waals surface area contributed by atoms with E-state index in [4.69, 9.17) is 0 Å². The van der Waals surface area contributed by atoms with Gasteiger partial charge in [0.25, 0.3) is 0 Å². The smallest absolute Gasteiger partial charge is 0.246 e. The van der Waals surface area contributed by atoms with Gasteiger partial charge in [-0.25, -0.2) is 0 Å². The van der Waals surface area contributed by atoms with E-state index in [1.807, 2.05) is 58.9 Å². The molecule has 7 nitrogen and oxygen atoms in total. The molecular weight excluding hydrogens is 358 g/mol. The van der Waals surface area contributed by atoms with Crippen LogP contribution in [-0.4, -0.2) is 53.0 Å². The molecule has 4 atom stereocenters. The van der Waals surface area contributed by atoms with Gasteiger partial charge in [-0.05, 0) is 24.8 Å². The second-order valence-corrected chi connectivity index (χ2v) is 8.62. The fraction of sp³-hybridized carbons (Fsp3) is 0.571. The molecule has 3 amide bonds. The summed E-state index contributed by atoms with van der Waals surface area (Å²) < 4.78 is 0. The SMILES string of the molecule is Cc1ccc(C(C)NC(=O)C2CC(O)CN2C(=O)C(NC=O)C(C)(C)C)cc1. The van der Waals surface area contributed by atoms with Crippen molar-refractivity contribution in [2.75, 3.05) is 6.54 Å². The average molecular weight is 389 g/mol. The molecule has 28 heavy (non-hydrogen) atoms. The lowest BCUT2D eigenvalue weighted by Gasteiger charge is -2.34. The third-order valence-electron chi connectivity index (χ3n) is 5.15. The summed E-state index contributed by atoms with van der Waals surface area (Å²) in [6.07, 6.45) is -0.100. The van der Waals surface area contributed by atoms with Crippen LogP contribution in [0.4, 0.5) is 0 Å². The van der Waals surface area contributed by atoms with Crippen LogP contribution in [-0.2, 0) is 14.4 Å². The Kier molecular flexibility index (Phi) is 6.82. The minimum atomic E-state index is -0.778. The number of amides is 3. The fourth-order valence-corrected chi connectivity index (χ4v) is 3.48. The van der Waals surface area contributed by atoms with E-state index in [0.29, 0.717) is 6.41 Å². The van der Waals surface area contributed by atoms with E-state index in [9.17, 15) is 19.5 Å². The topological polar surface area (TPSA) is 98.7 Å². The highest BCUT2D eigenvalue weighted by Gasteiger charge is 2.44. The Bertz CT molecular complexity index is 711. The third-order valence-corrected chi connectivity index (χ3v) is 5.15. The van der Waals surface area contributed by atoms with Crippen molar-refractivity contribution in [2.24, 2.45) is 5.41 Å². The number of rotatable bonds is 6. The van der Waals surface area contributed by atoms with Crippen molar-refractivity contribution < 1.29 is 19.5 Å². The largest absolute Gasteiger partial charge is 0.391 e. The standard InChI is InChI=1S/C21H31N3O4/c1-13-6-8-15(9-7-13)14(2)23-19(27)17-10-16(26)11-24(17)20(28)18(22-12-25)21(3,4)5/h6-9,12,14,16-18,26H,10-11H2,1-5H3,(H,22,25)(H,23,27). The maximum atomic E-state index is 13.0. The lowest BCUT2D eigenvalue weighted by atomic mass is 9.85. The highest BCUT2D eigenvalue weighted by Crippen LogP contribution is 2.26. The molecule has 4 unspecified atom stereocenters. The molecule has 0 radical (unpaired) electrons. The van der Waals surface area contributed by atoms with E-state index in [-0.39, 0.29) is 30.8 Å². The summed E-state index contributed by atoms with van der Waals surface area (Å²) in [6.45, 7) is 9.47. The van der Waals surface area contributed by atoms with Crippen molar-refractivity contribution in [1.82, 2.24) is 15.5 Å². The number of hydrogen-bond donors (Lipinski definition) is 3. The highest BCUT2D eigenvalue weighted by atomic mass is 16.3. The van der Waals surface area contributed by atoms with Crippen LogP contribution in [0, 0.1) is 12.3 Å². The molecule has 1 aliphatic rings. The number of benzene rings is 1. The molecule has 0 spiro atoms. The normalized spacial score (nSPS) is 21.7. The zero-order chi connectivity index (χ0) is 21.1. The molecule has 3 N–H and O–H groups in total. The molecule has 1 aliphatic heterocycles. The molecule has 0 aliphatic carbocycles. The number of likely N-dealkylation sites (tertiary alicyclic amines) is 1. The molecule has 154 valence electrons. The van der Waals surface area contributed by atoms with E-state index in [1.165, 1.54) is 4.90 Å². The van der Waals surface area contributed by atoms with Crippen molar-refractivity contribution in [2.45, 2.75) is 65.3 Å².